The van der Waals surface area contributed by atoms with Gasteiger partial charge in [0.1, 0.15) is 11.7 Å². The molecule has 2 aliphatic rings. The average Bonchev–Trinajstić information content (AvgIpc) is 2.18. The summed E-state index contributed by atoms with van der Waals surface area (Å²) in [6, 6.07) is 0.153. The van der Waals surface area contributed by atoms with Crippen molar-refractivity contribution in [3.8, 4) is 0 Å². The molecule has 0 radical (unpaired) electrons. The summed E-state index contributed by atoms with van der Waals surface area (Å²) < 4.78 is 25.0. The van der Waals surface area contributed by atoms with Crippen molar-refractivity contribution in [3.05, 3.63) is 11.3 Å². The number of hydrogen-bond acceptors (Lipinski definition) is 4. The minimum Gasteiger partial charge on any atom is -0.316 e. The van der Waals surface area contributed by atoms with Crippen molar-refractivity contribution in [2.45, 2.75) is 26.8 Å². The van der Waals surface area contributed by atoms with Crippen molar-refractivity contribution in [2.75, 3.05) is 19.5 Å². The van der Waals surface area contributed by atoms with Gasteiger partial charge in [-0.1, -0.05) is 0 Å². The third-order valence-electron chi connectivity index (χ3n) is 3.32. The third-order valence-corrected chi connectivity index (χ3v) is 4.98. The van der Waals surface area contributed by atoms with Gasteiger partial charge in [-0.15, -0.1) is 0 Å². The maximum atomic E-state index is 11.8. The lowest BCUT2D eigenvalue weighted by Gasteiger charge is -2.40. The molecule has 16 heavy (non-hydrogen) atoms. The molecule has 0 aromatic carbocycles. The number of rotatable bonds is 0. The van der Waals surface area contributed by atoms with Gasteiger partial charge in [-0.3, -0.25) is 4.99 Å². The van der Waals surface area contributed by atoms with Crippen LogP contribution in [-0.4, -0.2) is 49.0 Å². The summed E-state index contributed by atoms with van der Waals surface area (Å²) in [5, 5.41) is 0. The molecule has 0 bridgehead atoms. The molecule has 90 valence electrons. The van der Waals surface area contributed by atoms with E-state index in [0.29, 0.717) is 6.54 Å². The zero-order valence-electron chi connectivity index (χ0n) is 10.1. The van der Waals surface area contributed by atoms with Crippen LogP contribution in [0.5, 0.6) is 0 Å². The third kappa shape index (κ3) is 1.66. The molecule has 2 heterocycles. The number of likely N-dealkylation sites (N-methyl/N-ethyl adjacent to an activating group) is 1. The summed E-state index contributed by atoms with van der Waals surface area (Å²) >= 11 is 0. The molecule has 0 amide bonds. The van der Waals surface area contributed by atoms with E-state index in [1.54, 1.807) is 7.05 Å². The fraction of sp³-hybridized carbons (Fsp3) is 0.700. The van der Waals surface area contributed by atoms with Gasteiger partial charge in [0.2, 0.25) is 10.0 Å². The molecule has 0 N–H and O–H groups in total. The van der Waals surface area contributed by atoms with Crippen molar-refractivity contribution in [2.24, 2.45) is 4.99 Å². The van der Waals surface area contributed by atoms with Gasteiger partial charge < -0.3 is 4.90 Å². The lowest BCUT2D eigenvalue weighted by molar-refractivity contribution is 0.390. The minimum atomic E-state index is -3.16. The molecule has 2 rings (SSSR count). The summed E-state index contributed by atoms with van der Waals surface area (Å²) in [4.78, 5) is 6.25. The molecular weight excluding hydrogens is 226 g/mol. The van der Waals surface area contributed by atoms with Crippen LogP contribution in [0.4, 0.5) is 0 Å². The van der Waals surface area contributed by atoms with Gasteiger partial charge in [-0.2, -0.15) is 4.31 Å². The number of sulfonamides is 1. The van der Waals surface area contributed by atoms with E-state index in [4.69, 9.17) is 0 Å². The molecule has 1 saturated heterocycles. The van der Waals surface area contributed by atoms with Crippen molar-refractivity contribution < 1.29 is 8.42 Å². The standard InChI is InChI=1S/C10H17N3O2S/c1-7-8(2)11-9(3)13-6-16(14,15)12(4)5-10(7)13/h8H,5-6H2,1-4H3/t8-/m0/s1. The Bertz CT molecular complexity index is 478. The van der Waals surface area contributed by atoms with Crippen molar-refractivity contribution >= 4 is 15.9 Å². The van der Waals surface area contributed by atoms with Crippen LogP contribution in [0.15, 0.2) is 16.3 Å². The first-order valence-electron chi connectivity index (χ1n) is 5.28. The van der Waals surface area contributed by atoms with E-state index in [1.165, 1.54) is 4.31 Å². The van der Waals surface area contributed by atoms with Crippen LogP contribution in [0, 0.1) is 0 Å². The fourth-order valence-corrected chi connectivity index (χ4v) is 3.23. The second-order valence-corrected chi connectivity index (χ2v) is 6.45. The molecule has 0 aliphatic carbocycles. The summed E-state index contributed by atoms with van der Waals surface area (Å²) in [5.41, 5.74) is 2.24. The fourth-order valence-electron chi connectivity index (χ4n) is 2.05. The Morgan fingerprint density at radius 3 is 2.62 bits per heavy atom. The zero-order valence-corrected chi connectivity index (χ0v) is 10.9. The van der Waals surface area contributed by atoms with Gasteiger partial charge in [0.05, 0.1) is 12.6 Å². The summed E-state index contributed by atoms with van der Waals surface area (Å²) in [7, 11) is -1.54. The van der Waals surface area contributed by atoms with Crippen LogP contribution < -0.4 is 0 Å². The highest BCUT2D eigenvalue weighted by Gasteiger charge is 2.35. The van der Waals surface area contributed by atoms with E-state index in [1.807, 2.05) is 25.7 Å². The predicted molar refractivity (Wildman–Crippen MR) is 63.5 cm³/mol. The number of nitrogens with zero attached hydrogens (tertiary/aromatic N) is 3. The first-order valence-corrected chi connectivity index (χ1v) is 6.89. The first kappa shape index (κ1) is 11.6. The zero-order chi connectivity index (χ0) is 12.1. The van der Waals surface area contributed by atoms with E-state index in [9.17, 15) is 8.42 Å². The van der Waals surface area contributed by atoms with Crippen molar-refractivity contribution in [1.29, 1.82) is 0 Å². The monoisotopic (exact) mass is 243 g/mol. The second-order valence-electron chi connectivity index (χ2n) is 4.41. The normalized spacial score (nSPS) is 30.1. The van der Waals surface area contributed by atoms with Gasteiger partial charge in [0, 0.05) is 12.7 Å². The minimum absolute atomic E-state index is 0.0121. The Morgan fingerprint density at radius 1 is 1.38 bits per heavy atom. The summed E-state index contributed by atoms with van der Waals surface area (Å²) in [6.45, 7) is 6.37. The van der Waals surface area contributed by atoms with Crippen molar-refractivity contribution in [3.63, 3.8) is 0 Å². The topological polar surface area (TPSA) is 53.0 Å². The Balaban J connectivity index is 2.45. The maximum Gasteiger partial charge on any atom is 0.232 e. The van der Waals surface area contributed by atoms with E-state index >= 15 is 0 Å². The lowest BCUT2D eigenvalue weighted by atomic mass is 10.1. The van der Waals surface area contributed by atoms with Crippen molar-refractivity contribution in [1.82, 2.24) is 9.21 Å². The van der Waals surface area contributed by atoms with E-state index in [0.717, 1.165) is 17.1 Å². The van der Waals surface area contributed by atoms with Crippen LogP contribution in [0.1, 0.15) is 20.8 Å². The second kappa shape index (κ2) is 3.56. The smallest absolute Gasteiger partial charge is 0.232 e. The molecule has 0 aromatic rings. The SMILES string of the molecule is CC1=N[C@@H](C)C(C)=C2CN(C)S(=O)(=O)CN12. The molecule has 1 atom stereocenters. The number of amidine groups is 1. The lowest BCUT2D eigenvalue weighted by Crippen LogP contribution is -2.50. The largest absolute Gasteiger partial charge is 0.316 e. The summed E-state index contributed by atoms with van der Waals surface area (Å²) in [6.07, 6.45) is 0. The molecule has 0 saturated carbocycles. The number of hydrogen-bond donors (Lipinski definition) is 0. The molecule has 0 spiro atoms. The van der Waals surface area contributed by atoms with Crippen LogP contribution in [-0.2, 0) is 10.0 Å². The average molecular weight is 243 g/mol. The Morgan fingerprint density at radius 2 is 2.00 bits per heavy atom. The summed E-state index contributed by atoms with van der Waals surface area (Å²) in [5.74, 6) is 0.808. The highest BCUT2D eigenvalue weighted by molar-refractivity contribution is 7.89. The predicted octanol–water partition coefficient (Wildman–Crippen LogP) is 0.616. The van der Waals surface area contributed by atoms with E-state index in [-0.39, 0.29) is 11.9 Å². The molecule has 2 aliphatic heterocycles. The van der Waals surface area contributed by atoms with Crippen LogP contribution >= 0.6 is 0 Å². The molecule has 5 nitrogen and oxygen atoms in total. The Hall–Kier alpha value is -0.880. The number of aliphatic imine (C=N–C) groups is 1. The molecule has 1 fully saturated rings. The molecule has 0 aromatic heterocycles. The molecule has 6 heteroatoms. The Labute approximate surface area is 96.5 Å². The van der Waals surface area contributed by atoms with Crippen LogP contribution in [0.25, 0.3) is 0 Å². The van der Waals surface area contributed by atoms with Gasteiger partial charge >= 0.3 is 0 Å². The maximum absolute atomic E-state index is 11.8. The highest BCUT2D eigenvalue weighted by atomic mass is 32.2. The van der Waals surface area contributed by atoms with Gasteiger partial charge in [-0.25, -0.2) is 8.42 Å². The van der Waals surface area contributed by atoms with Gasteiger partial charge in [0.15, 0.2) is 0 Å². The van der Waals surface area contributed by atoms with Gasteiger partial charge in [-0.05, 0) is 26.3 Å². The van der Waals surface area contributed by atoms with E-state index < -0.39 is 10.0 Å². The van der Waals surface area contributed by atoms with Crippen LogP contribution in [0.3, 0.4) is 0 Å². The molecular formula is C10H17N3O2S. The first-order chi connectivity index (χ1) is 7.33. The highest BCUT2D eigenvalue weighted by Crippen LogP contribution is 2.27. The Kier molecular flexibility index (Phi) is 2.58. The van der Waals surface area contributed by atoms with Gasteiger partial charge in [0.25, 0.3) is 0 Å². The van der Waals surface area contributed by atoms with E-state index in [2.05, 4.69) is 4.99 Å². The molecule has 0 unspecified atom stereocenters. The number of fused-ring (bicyclic) bond motifs is 1. The quantitative estimate of drug-likeness (QED) is 0.626. The van der Waals surface area contributed by atoms with Crippen LogP contribution in [0.2, 0.25) is 0 Å².